The highest BCUT2D eigenvalue weighted by atomic mass is 16.2. The first-order valence-electron chi connectivity index (χ1n) is 9.39. The Morgan fingerprint density at radius 3 is 2.54 bits per heavy atom. The van der Waals surface area contributed by atoms with Crippen molar-refractivity contribution in [3.63, 3.8) is 0 Å². The fraction of sp³-hybridized carbons (Fsp3) is 0.450. The summed E-state index contributed by atoms with van der Waals surface area (Å²) in [6.45, 7) is 1.23. The number of amides is 3. The number of likely N-dealkylation sites (N-methyl/N-ethyl adjacent to an activating group) is 1. The molecule has 1 atom stereocenters. The first-order chi connectivity index (χ1) is 13.5. The van der Waals surface area contributed by atoms with Gasteiger partial charge in [-0.3, -0.25) is 19.3 Å². The van der Waals surface area contributed by atoms with Gasteiger partial charge in [0, 0.05) is 32.5 Å². The van der Waals surface area contributed by atoms with E-state index in [4.69, 9.17) is 0 Å². The highest BCUT2D eigenvalue weighted by molar-refractivity contribution is 6.25. The van der Waals surface area contributed by atoms with Gasteiger partial charge in [-0.05, 0) is 31.4 Å². The van der Waals surface area contributed by atoms with Crippen LogP contribution in [0.2, 0.25) is 0 Å². The molecule has 2 aliphatic rings. The topological polar surface area (TPSA) is 104 Å². The molecule has 1 fully saturated rings. The average molecular weight is 385 g/mol. The lowest BCUT2D eigenvalue weighted by Gasteiger charge is -2.32. The third-order valence-electron chi connectivity index (χ3n) is 5.42. The van der Waals surface area contributed by atoms with Crippen molar-refractivity contribution < 1.29 is 24.0 Å². The molecule has 0 aromatic heterocycles. The van der Waals surface area contributed by atoms with Crippen molar-refractivity contribution in [3.8, 4) is 0 Å². The van der Waals surface area contributed by atoms with E-state index in [-0.39, 0.29) is 29.9 Å². The number of carbonyl (C=O) groups excluding carboxylic acids is 5. The Labute approximate surface area is 162 Å². The number of imide groups is 1. The SMILES string of the molecule is CNC(=O)C(CCC=O)N1C(=O)c2cccc(N3CCC(C=O)CC3)c2C1=O. The summed E-state index contributed by atoms with van der Waals surface area (Å²) in [6.07, 6.45) is 3.16. The molecule has 1 aromatic carbocycles. The largest absolute Gasteiger partial charge is 0.371 e. The van der Waals surface area contributed by atoms with Gasteiger partial charge in [-0.2, -0.15) is 0 Å². The van der Waals surface area contributed by atoms with Gasteiger partial charge in [-0.25, -0.2) is 0 Å². The van der Waals surface area contributed by atoms with Crippen LogP contribution in [-0.4, -0.2) is 61.4 Å². The van der Waals surface area contributed by atoms with E-state index < -0.39 is 23.8 Å². The van der Waals surface area contributed by atoms with Crippen LogP contribution in [0.5, 0.6) is 0 Å². The number of hydrogen-bond donors (Lipinski definition) is 1. The maximum Gasteiger partial charge on any atom is 0.264 e. The van der Waals surface area contributed by atoms with Crippen LogP contribution in [0, 0.1) is 5.92 Å². The molecule has 1 N–H and O–H groups in total. The van der Waals surface area contributed by atoms with E-state index in [1.54, 1.807) is 18.2 Å². The molecular formula is C20H23N3O5. The van der Waals surface area contributed by atoms with Crippen molar-refractivity contribution in [1.29, 1.82) is 0 Å². The minimum atomic E-state index is -1.03. The molecule has 8 nitrogen and oxygen atoms in total. The molecule has 0 saturated carbocycles. The van der Waals surface area contributed by atoms with Crippen LogP contribution >= 0.6 is 0 Å². The Kier molecular flexibility index (Phi) is 5.87. The number of carbonyl (C=O) groups is 5. The molecule has 1 aromatic rings. The second-order valence-corrected chi connectivity index (χ2v) is 7.01. The van der Waals surface area contributed by atoms with E-state index in [1.165, 1.54) is 7.05 Å². The first-order valence-corrected chi connectivity index (χ1v) is 9.39. The number of anilines is 1. The molecule has 2 heterocycles. The number of hydrogen-bond acceptors (Lipinski definition) is 6. The van der Waals surface area contributed by atoms with Gasteiger partial charge in [0.15, 0.2) is 0 Å². The van der Waals surface area contributed by atoms with Gasteiger partial charge in [0.2, 0.25) is 5.91 Å². The lowest BCUT2D eigenvalue weighted by atomic mass is 9.97. The van der Waals surface area contributed by atoms with Crippen molar-refractivity contribution >= 4 is 36.0 Å². The van der Waals surface area contributed by atoms with Gasteiger partial charge in [-0.15, -0.1) is 0 Å². The number of fused-ring (bicyclic) bond motifs is 1. The molecule has 0 bridgehead atoms. The summed E-state index contributed by atoms with van der Waals surface area (Å²) in [5.74, 6) is -1.51. The molecule has 1 unspecified atom stereocenters. The van der Waals surface area contributed by atoms with E-state index in [9.17, 15) is 24.0 Å². The zero-order valence-corrected chi connectivity index (χ0v) is 15.7. The molecule has 1 saturated heterocycles. The third-order valence-corrected chi connectivity index (χ3v) is 5.42. The Morgan fingerprint density at radius 1 is 1.21 bits per heavy atom. The fourth-order valence-corrected chi connectivity index (χ4v) is 3.88. The summed E-state index contributed by atoms with van der Waals surface area (Å²) in [5.41, 5.74) is 1.20. The number of benzene rings is 1. The van der Waals surface area contributed by atoms with Gasteiger partial charge in [0.05, 0.1) is 16.8 Å². The van der Waals surface area contributed by atoms with Crippen molar-refractivity contribution in [2.45, 2.75) is 31.7 Å². The quantitative estimate of drug-likeness (QED) is 0.550. The maximum absolute atomic E-state index is 13.2. The summed E-state index contributed by atoms with van der Waals surface area (Å²) in [4.78, 5) is 63.1. The highest BCUT2D eigenvalue weighted by Gasteiger charge is 2.44. The number of aldehydes is 2. The van der Waals surface area contributed by atoms with E-state index in [0.717, 1.165) is 11.2 Å². The van der Waals surface area contributed by atoms with E-state index in [0.29, 0.717) is 37.9 Å². The molecule has 0 spiro atoms. The Balaban J connectivity index is 1.94. The normalized spacial score (nSPS) is 18.0. The highest BCUT2D eigenvalue weighted by Crippen LogP contribution is 2.35. The van der Waals surface area contributed by atoms with Crippen LogP contribution in [0.1, 0.15) is 46.4 Å². The Bertz CT molecular complexity index is 814. The molecule has 2 aliphatic heterocycles. The number of nitrogens with one attached hydrogen (secondary N) is 1. The summed E-state index contributed by atoms with van der Waals surface area (Å²) in [7, 11) is 1.43. The van der Waals surface area contributed by atoms with Crippen LogP contribution in [0.3, 0.4) is 0 Å². The Hall–Kier alpha value is -3.03. The summed E-state index contributed by atoms with van der Waals surface area (Å²) < 4.78 is 0. The molecular weight excluding hydrogens is 362 g/mol. The second-order valence-electron chi connectivity index (χ2n) is 7.01. The monoisotopic (exact) mass is 385 g/mol. The zero-order valence-electron chi connectivity index (χ0n) is 15.7. The first kappa shape index (κ1) is 19.7. The molecule has 0 radical (unpaired) electrons. The van der Waals surface area contributed by atoms with Crippen molar-refractivity contribution in [1.82, 2.24) is 10.2 Å². The smallest absolute Gasteiger partial charge is 0.264 e. The standard InChI is InChI=1S/C20H23N3O5/c1-21-18(26)16(6-3-11-24)23-19(27)14-4-2-5-15(17(14)20(23)28)22-9-7-13(12-25)8-10-22/h2,4-5,11-13,16H,3,6-10H2,1H3,(H,21,26). The van der Waals surface area contributed by atoms with Gasteiger partial charge in [-0.1, -0.05) is 6.07 Å². The van der Waals surface area contributed by atoms with Gasteiger partial charge in [0.25, 0.3) is 11.8 Å². The molecule has 0 aliphatic carbocycles. The third kappa shape index (κ3) is 3.42. The summed E-state index contributed by atoms with van der Waals surface area (Å²) in [5, 5.41) is 2.46. The number of piperidine rings is 1. The minimum Gasteiger partial charge on any atom is -0.371 e. The van der Waals surface area contributed by atoms with E-state index in [1.807, 2.05) is 4.90 Å². The zero-order chi connectivity index (χ0) is 20.3. The predicted octanol–water partition coefficient (Wildman–Crippen LogP) is 0.792. The Morgan fingerprint density at radius 2 is 1.93 bits per heavy atom. The maximum atomic E-state index is 13.2. The lowest BCUT2D eigenvalue weighted by molar-refractivity contribution is -0.124. The van der Waals surface area contributed by atoms with Crippen LogP contribution in [-0.2, 0) is 14.4 Å². The lowest BCUT2D eigenvalue weighted by Crippen LogP contribution is -2.48. The van der Waals surface area contributed by atoms with Crippen LogP contribution in [0.4, 0.5) is 5.69 Å². The van der Waals surface area contributed by atoms with E-state index >= 15 is 0 Å². The molecule has 3 amide bonds. The van der Waals surface area contributed by atoms with E-state index in [2.05, 4.69) is 5.32 Å². The average Bonchev–Trinajstić information content (AvgIpc) is 2.99. The summed E-state index contributed by atoms with van der Waals surface area (Å²) in [6, 6.07) is 4.05. The minimum absolute atomic E-state index is 0.0165. The predicted molar refractivity (Wildman–Crippen MR) is 101 cm³/mol. The van der Waals surface area contributed by atoms with Gasteiger partial charge < -0.3 is 19.8 Å². The van der Waals surface area contributed by atoms with Gasteiger partial charge in [0.1, 0.15) is 18.6 Å². The van der Waals surface area contributed by atoms with Crippen LogP contribution in [0.15, 0.2) is 18.2 Å². The van der Waals surface area contributed by atoms with Gasteiger partial charge >= 0.3 is 0 Å². The fourth-order valence-electron chi connectivity index (χ4n) is 3.88. The second kappa shape index (κ2) is 8.33. The summed E-state index contributed by atoms with van der Waals surface area (Å²) >= 11 is 0. The van der Waals surface area contributed by atoms with Crippen molar-refractivity contribution in [2.24, 2.45) is 5.92 Å². The van der Waals surface area contributed by atoms with Crippen LogP contribution < -0.4 is 10.2 Å². The van der Waals surface area contributed by atoms with Crippen molar-refractivity contribution in [2.75, 3.05) is 25.0 Å². The molecule has 3 rings (SSSR count). The molecule has 148 valence electrons. The number of rotatable bonds is 7. The van der Waals surface area contributed by atoms with Crippen LogP contribution in [0.25, 0.3) is 0 Å². The number of nitrogens with zero attached hydrogens (tertiary/aromatic N) is 2. The molecule has 8 heteroatoms. The van der Waals surface area contributed by atoms with Crippen molar-refractivity contribution in [3.05, 3.63) is 29.3 Å². The molecule has 28 heavy (non-hydrogen) atoms.